The Morgan fingerprint density at radius 1 is 1.36 bits per heavy atom. The zero-order chi connectivity index (χ0) is 9.80. The van der Waals surface area contributed by atoms with Gasteiger partial charge in [-0.05, 0) is 43.6 Å². The molecule has 1 aromatic rings. The predicted octanol–water partition coefficient (Wildman–Crippen LogP) is 2.63. The molecule has 1 aliphatic heterocycles. The average molecular weight is 190 g/mol. The first kappa shape index (κ1) is 9.66. The molecule has 76 valence electrons. The highest BCUT2D eigenvalue weighted by Gasteiger charge is 2.21. The van der Waals surface area contributed by atoms with E-state index in [4.69, 9.17) is 0 Å². The van der Waals surface area contributed by atoms with E-state index in [0.717, 1.165) is 6.54 Å². The van der Waals surface area contributed by atoms with Gasteiger partial charge in [-0.3, -0.25) is 9.88 Å². The molecule has 1 aromatic heterocycles. The number of likely N-dealkylation sites (tertiary alicyclic amines) is 1. The molecule has 0 bridgehead atoms. The zero-order valence-corrected chi connectivity index (χ0v) is 8.82. The van der Waals surface area contributed by atoms with Crippen LogP contribution in [0.1, 0.15) is 37.8 Å². The standard InChI is InChI=1S/C12H18N2/c1-2-14-10-4-3-5-12(14)11-6-8-13-9-7-11/h6-9,12H,2-5,10H2,1H3. The van der Waals surface area contributed by atoms with Gasteiger partial charge in [0.05, 0.1) is 0 Å². The molecule has 1 fully saturated rings. The fraction of sp³-hybridized carbons (Fsp3) is 0.583. The van der Waals surface area contributed by atoms with Gasteiger partial charge in [-0.25, -0.2) is 0 Å². The van der Waals surface area contributed by atoms with Crippen LogP contribution >= 0.6 is 0 Å². The van der Waals surface area contributed by atoms with Crippen molar-refractivity contribution in [2.45, 2.75) is 32.2 Å². The lowest BCUT2D eigenvalue weighted by atomic mass is 9.96. The molecule has 2 rings (SSSR count). The number of pyridine rings is 1. The van der Waals surface area contributed by atoms with Crippen LogP contribution < -0.4 is 0 Å². The van der Waals surface area contributed by atoms with Crippen LogP contribution in [0.5, 0.6) is 0 Å². The summed E-state index contributed by atoms with van der Waals surface area (Å²) in [6, 6.07) is 4.94. The highest BCUT2D eigenvalue weighted by molar-refractivity contribution is 5.15. The van der Waals surface area contributed by atoms with Crippen LogP contribution in [0.25, 0.3) is 0 Å². The Balaban J connectivity index is 2.15. The van der Waals surface area contributed by atoms with Crippen molar-refractivity contribution in [3.05, 3.63) is 30.1 Å². The maximum atomic E-state index is 4.07. The van der Waals surface area contributed by atoms with Crippen molar-refractivity contribution in [3.63, 3.8) is 0 Å². The summed E-state index contributed by atoms with van der Waals surface area (Å²) in [5.74, 6) is 0. The molecule has 0 radical (unpaired) electrons. The van der Waals surface area contributed by atoms with Gasteiger partial charge in [0.1, 0.15) is 0 Å². The third-order valence-corrected chi connectivity index (χ3v) is 3.11. The van der Waals surface area contributed by atoms with E-state index >= 15 is 0 Å². The number of aromatic nitrogens is 1. The lowest BCUT2D eigenvalue weighted by Gasteiger charge is -2.35. The second kappa shape index (κ2) is 4.56. The van der Waals surface area contributed by atoms with Crippen LogP contribution in [0, 0.1) is 0 Å². The maximum absolute atomic E-state index is 4.07. The summed E-state index contributed by atoms with van der Waals surface area (Å²) in [5, 5.41) is 0. The molecule has 0 aromatic carbocycles. The molecule has 0 spiro atoms. The number of hydrogen-bond acceptors (Lipinski definition) is 2. The van der Waals surface area contributed by atoms with Crippen LogP contribution in [0.2, 0.25) is 0 Å². The number of hydrogen-bond donors (Lipinski definition) is 0. The summed E-state index contributed by atoms with van der Waals surface area (Å²) in [6.07, 6.45) is 7.83. The molecule has 1 aliphatic rings. The predicted molar refractivity (Wildman–Crippen MR) is 58.1 cm³/mol. The van der Waals surface area contributed by atoms with Gasteiger partial charge in [-0.15, -0.1) is 0 Å². The monoisotopic (exact) mass is 190 g/mol. The Bertz CT molecular complexity index is 271. The highest BCUT2D eigenvalue weighted by Crippen LogP contribution is 2.29. The van der Waals surface area contributed by atoms with Crippen molar-refractivity contribution in [3.8, 4) is 0 Å². The summed E-state index contributed by atoms with van der Waals surface area (Å²) in [4.78, 5) is 6.64. The summed E-state index contributed by atoms with van der Waals surface area (Å²) < 4.78 is 0. The van der Waals surface area contributed by atoms with E-state index in [1.807, 2.05) is 12.4 Å². The van der Waals surface area contributed by atoms with Gasteiger partial charge in [-0.2, -0.15) is 0 Å². The van der Waals surface area contributed by atoms with Gasteiger partial charge >= 0.3 is 0 Å². The molecule has 0 aliphatic carbocycles. The second-order valence-corrected chi connectivity index (χ2v) is 3.92. The lowest BCUT2D eigenvalue weighted by molar-refractivity contribution is 0.157. The summed E-state index contributed by atoms with van der Waals surface area (Å²) >= 11 is 0. The number of rotatable bonds is 2. The smallest absolute Gasteiger partial charge is 0.0349 e. The van der Waals surface area contributed by atoms with Gasteiger partial charge < -0.3 is 0 Å². The molecule has 2 heterocycles. The summed E-state index contributed by atoms with van der Waals surface area (Å²) in [6.45, 7) is 4.66. The number of nitrogens with zero attached hydrogens (tertiary/aromatic N) is 2. The van der Waals surface area contributed by atoms with Gasteiger partial charge in [-0.1, -0.05) is 13.3 Å². The third-order valence-electron chi connectivity index (χ3n) is 3.11. The fourth-order valence-corrected chi connectivity index (χ4v) is 2.33. The minimum atomic E-state index is 0.636. The van der Waals surface area contributed by atoms with E-state index in [1.165, 1.54) is 31.4 Å². The van der Waals surface area contributed by atoms with Crippen LogP contribution in [0.4, 0.5) is 0 Å². The number of piperidine rings is 1. The first-order chi connectivity index (χ1) is 6.92. The molecule has 1 saturated heterocycles. The van der Waals surface area contributed by atoms with Crippen molar-refractivity contribution >= 4 is 0 Å². The molecule has 0 N–H and O–H groups in total. The quantitative estimate of drug-likeness (QED) is 0.712. The third kappa shape index (κ3) is 1.95. The van der Waals surface area contributed by atoms with E-state index in [-0.39, 0.29) is 0 Å². The Hall–Kier alpha value is -0.890. The largest absolute Gasteiger partial charge is 0.297 e. The molecule has 0 saturated carbocycles. The average Bonchev–Trinajstić information content (AvgIpc) is 2.30. The van der Waals surface area contributed by atoms with Crippen molar-refractivity contribution < 1.29 is 0 Å². The Labute approximate surface area is 86.0 Å². The molecular weight excluding hydrogens is 172 g/mol. The second-order valence-electron chi connectivity index (χ2n) is 3.92. The molecule has 1 atom stereocenters. The molecule has 14 heavy (non-hydrogen) atoms. The Morgan fingerprint density at radius 3 is 2.86 bits per heavy atom. The van der Waals surface area contributed by atoms with Crippen molar-refractivity contribution in [2.75, 3.05) is 13.1 Å². The molecule has 2 nitrogen and oxygen atoms in total. The lowest BCUT2D eigenvalue weighted by Crippen LogP contribution is -2.33. The van der Waals surface area contributed by atoms with E-state index < -0.39 is 0 Å². The van der Waals surface area contributed by atoms with Gasteiger partial charge in [0.25, 0.3) is 0 Å². The van der Waals surface area contributed by atoms with Crippen LogP contribution in [0.15, 0.2) is 24.5 Å². The molecular formula is C12H18N2. The van der Waals surface area contributed by atoms with Gasteiger partial charge in [0, 0.05) is 18.4 Å². The van der Waals surface area contributed by atoms with E-state index in [2.05, 4.69) is 28.9 Å². The molecule has 1 unspecified atom stereocenters. The zero-order valence-electron chi connectivity index (χ0n) is 8.82. The van der Waals surface area contributed by atoms with Crippen LogP contribution in [-0.2, 0) is 0 Å². The van der Waals surface area contributed by atoms with Crippen molar-refractivity contribution in [2.24, 2.45) is 0 Å². The first-order valence-electron chi connectivity index (χ1n) is 5.56. The van der Waals surface area contributed by atoms with Crippen LogP contribution in [0.3, 0.4) is 0 Å². The summed E-state index contributed by atoms with van der Waals surface area (Å²) in [7, 11) is 0. The van der Waals surface area contributed by atoms with E-state index in [0.29, 0.717) is 6.04 Å². The Kier molecular flexibility index (Phi) is 3.14. The summed E-state index contributed by atoms with van der Waals surface area (Å²) in [5.41, 5.74) is 1.43. The first-order valence-corrected chi connectivity index (χ1v) is 5.56. The van der Waals surface area contributed by atoms with Gasteiger partial charge in [0.2, 0.25) is 0 Å². The topological polar surface area (TPSA) is 16.1 Å². The maximum Gasteiger partial charge on any atom is 0.0349 e. The SMILES string of the molecule is CCN1CCCCC1c1ccncc1. The van der Waals surface area contributed by atoms with E-state index in [1.54, 1.807) is 0 Å². The van der Waals surface area contributed by atoms with Crippen molar-refractivity contribution in [1.82, 2.24) is 9.88 Å². The van der Waals surface area contributed by atoms with Crippen molar-refractivity contribution in [1.29, 1.82) is 0 Å². The molecule has 0 amide bonds. The van der Waals surface area contributed by atoms with E-state index in [9.17, 15) is 0 Å². The minimum Gasteiger partial charge on any atom is -0.297 e. The highest BCUT2D eigenvalue weighted by atomic mass is 15.2. The normalized spacial score (nSPS) is 23.6. The van der Waals surface area contributed by atoms with Crippen LogP contribution in [-0.4, -0.2) is 23.0 Å². The van der Waals surface area contributed by atoms with Gasteiger partial charge in [0.15, 0.2) is 0 Å². The fourth-order valence-electron chi connectivity index (χ4n) is 2.33. The minimum absolute atomic E-state index is 0.636. The Morgan fingerprint density at radius 2 is 2.14 bits per heavy atom. The molecule has 2 heteroatoms.